The Labute approximate surface area is 182 Å². The van der Waals surface area contributed by atoms with E-state index in [1.807, 2.05) is 32.9 Å². The molecule has 0 fully saturated rings. The molecule has 0 aliphatic heterocycles. The number of amides is 2. The van der Waals surface area contributed by atoms with Gasteiger partial charge < -0.3 is 35.4 Å². The van der Waals surface area contributed by atoms with Crippen LogP contribution in [0.4, 0.5) is 16.2 Å². The van der Waals surface area contributed by atoms with Crippen LogP contribution in [0, 0.1) is 0 Å². The minimum Gasteiger partial charge on any atom is -0.398 e. The molecule has 1 aromatic rings. The van der Waals surface area contributed by atoms with Gasteiger partial charge in [0.2, 0.25) is 0 Å². The van der Waals surface area contributed by atoms with Gasteiger partial charge in [0.1, 0.15) is 0 Å². The first-order chi connectivity index (χ1) is 14.1. The van der Waals surface area contributed by atoms with Gasteiger partial charge in [-0.05, 0) is 50.3 Å². The van der Waals surface area contributed by atoms with Gasteiger partial charge in [-0.3, -0.25) is 0 Å². The van der Waals surface area contributed by atoms with Gasteiger partial charge in [0.05, 0.1) is 0 Å². The van der Waals surface area contributed by atoms with Crippen LogP contribution in [0.25, 0.3) is 0 Å². The number of carbonyl (C=O) groups is 1. The number of anilines is 2. The summed E-state index contributed by atoms with van der Waals surface area (Å²) in [7, 11) is -2.68. The molecule has 0 radical (unpaired) electrons. The highest BCUT2D eigenvalue weighted by Gasteiger charge is 2.39. The fraction of sp³-hybridized carbons (Fsp3) is 0.667. The van der Waals surface area contributed by atoms with Crippen molar-refractivity contribution in [3.63, 3.8) is 0 Å². The summed E-state index contributed by atoms with van der Waals surface area (Å²) < 4.78 is 17.5. The van der Waals surface area contributed by atoms with Gasteiger partial charge in [-0.25, -0.2) is 4.79 Å². The third-order valence-corrected chi connectivity index (χ3v) is 7.80. The van der Waals surface area contributed by atoms with E-state index in [-0.39, 0.29) is 18.0 Å². The zero-order chi connectivity index (χ0) is 22.8. The predicted molar refractivity (Wildman–Crippen MR) is 124 cm³/mol. The van der Waals surface area contributed by atoms with Gasteiger partial charge in [0.25, 0.3) is 0 Å². The summed E-state index contributed by atoms with van der Waals surface area (Å²) >= 11 is 0. The summed E-state index contributed by atoms with van der Waals surface area (Å²) in [5, 5.41) is 5.67. The molecule has 30 heavy (non-hydrogen) atoms. The van der Waals surface area contributed by atoms with E-state index in [9.17, 15) is 4.79 Å². The lowest BCUT2D eigenvalue weighted by atomic mass is 9.85. The van der Waals surface area contributed by atoms with Crippen molar-refractivity contribution in [1.29, 1.82) is 0 Å². The van der Waals surface area contributed by atoms with Crippen molar-refractivity contribution in [2.75, 3.05) is 37.8 Å². The summed E-state index contributed by atoms with van der Waals surface area (Å²) in [6, 6.07) is 4.22. The molecule has 0 saturated heterocycles. The Morgan fingerprint density at radius 3 is 1.90 bits per heavy atom. The molecule has 0 aliphatic carbocycles. The molecule has 0 aliphatic rings. The second-order valence-electron chi connectivity index (χ2n) is 8.08. The van der Waals surface area contributed by atoms with Gasteiger partial charge in [0, 0.05) is 55.9 Å². The highest BCUT2D eigenvalue weighted by molar-refractivity contribution is 6.60. The van der Waals surface area contributed by atoms with Crippen molar-refractivity contribution in [3.05, 3.63) is 23.3 Å². The van der Waals surface area contributed by atoms with E-state index in [4.69, 9.17) is 24.7 Å². The van der Waals surface area contributed by atoms with E-state index in [1.165, 1.54) is 0 Å². The van der Waals surface area contributed by atoms with Gasteiger partial charge in [-0.1, -0.05) is 20.8 Å². The van der Waals surface area contributed by atoms with Crippen molar-refractivity contribution in [2.45, 2.75) is 66.0 Å². The van der Waals surface area contributed by atoms with Gasteiger partial charge in [-0.15, -0.1) is 0 Å². The fourth-order valence-corrected chi connectivity index (χ4v) is 5.71. The Balaban J connectivity index is 2.54. The lowest BCUT2D eigenvalue weighted by Gasteiger charge is -2.28. The van der Waals surface area contributed by atoms with Crippen LogP contribution in [-0.4, -0.2) is 41.2 Å². The molecule has 1 rings (SSSR count). The molecule has 0 unspecified atom stereocenters. The Hall–Kier alpha value is -1.81. The summed E-state index contributed by atoms with van der Waals surface area (Å²) in [6.45, 7) is 14.5. The average molecular weight is 441 g/mol. The van der Waals surface area contributed by atoms with Crippen LogP contribution in [0.2, 0.25) is 6.04 Å². The molecule has 0 spiro atoms. The third kappa shape index (κ3) is 8.14. The van der Waals surface area contributed by atoms with Crippen LogP contribution in [0.1, 0.15) is 59.1 Å². The smallest absolute Gasteiger partial charge is 0.398 e. The molecule has 0 atom stereocenters. The molecular formula is C21H40N4O4Si. The molecule has 8 nitrogen and oxygen atoms in total. The average Bonchev–Trinajstić information content (AvgIpc) is 2.64. The molecule has 172 valence electrons. The second kappa shape index (κ2) is 12.1. The number of urea groups is 1. The number of hydrogen-bond acceptors (Lipinski definition) is 6. The zero-order valence-corrected chi connectivity index (χ0v) is 20.4. The van der Waals surface area contributed by atoms with E-state index >= 15 is 0 Å². The Morgan fingerprint density at radius 1 is 0.967 bits per heavy atom. The molecule has 0 bridgehead atoms. The molecule has 6 N–H and O–H groups in total. The maximum Gasteiger partial charge on any atom is 0.500 e. The van der Waals surface area contributed by atoms with E-state index in [0.29, 0.717) is 50.2 Å². The topological polar surface area (TPSA) is 121 Å². The molecule has 0 aromatic heterocycles. The second-order valence-corrected chi connectivity index (χ2v) is 10.8. The molecular weight excluding hydrogens is 400 g/mol. The Kier molecular flexibility index (Phi) is 10.6. The SMILES string of the molecule is CCO[Si](CCCNC(=O)NCc1c(N)cc(C(C)(C)C)cc1N)(OCC)OCC. The monoisotopic (exact) mass is 440 g/mol. The minimum absolute atomic E-state index is 0.0470. The van der Waals surface area contributed by atoms with Gasteiger partial charge in [-0.2, -0.15) is 0 Å². The van der Waals surface area contributed by atoms with E-state index in [0.717, 1.165) is 11.1 Å². The summed E-state index contributed by atoms with van der Waals surface area (Å²) in [5.74, 6) is 0. The number of hydrogen-bond donors (Lipinski definition) is 4. The van der Waals surface area contributed by atoms with E-state index < -0.39 is 8.80 Å². The largest absolute Gasteiger partial charge is 0.500 e. The molecule has 9 heteroatoms. The molecule has 0 heterocycles. The first-order valence-electron chi connectivity index (χ1n) is 10.7. The van der Waals surface area contributed by atoms with Crippen LogP contribution in [0.5, 0.6) is 0 Å². The normalized spacial score (nSPS) is 12.1. The number of nitrogens with one attached hydrogen (secondary N) is 2. The van der Waals surface area contributed by atoms with Crippen molar-refractivity contribution in [3.8, 4) is 0 Å². The highest BCUT2D eigenvalue weighted by atomic mass is 28.4. The lowest BCUT2D eigenvalue weighted by Crippen LogP contribution is -2.46. The van der Waals surface area contributed by atoms with Crippen molar-refractivity contribution < 1.29 is 18.1 Å². The number of carbonyl (C=O) groups excluding carboxylic acids is 1. The highest BCUT2D eigenvalue weighted by Crippen LogP contribution is 2.30. The zero-order valence-electron chi connectivity index (χ0n) is 19.4. The third-order valence-electron chi connectivity index (χ3n) is 4.65. The predicted octanol–water partition coefficient (Wildman–Crippen LogP) is 3.39. The first-order valence-corrected chi connectivity index (χ1v) is 12.6. The number of benzene rings is 1. The van der Waals surface area contributed by atoms with Crippen LogP contribution < -0.4 is 22.1 Å². The summed E-state index contributed by atoms with van der Waals surface area (Å²) in [6.07, 6.45) is 0.699. The Bertz CT molecular complexity index is 639. The molecule has 2 amide bonds. The summed E-state index contributed by atoms with van der Waals surface area (Å²) in [5.41, 5.74) is 15.3. The van der Waals surface area contributed by atoms with Crippen LogP contribution in [0.15, 0.2) is 12.1 Å². The quantitative estimate of drug-likeness (QED) is 0.225. The molecule has 0 saturated carbocycles. The maximum absolute atomic E-state index is 12.2. The lowest BCUT2D eigenvalue weighted by molar-refractivity contribution is 0.0708. The van der Waals surface area contributed by atoms with Crippen molar-refractivity contribution >= 4 is 26.2 Å². The maximum atomic E-state index is 12.2. The number of rotatable bonds is 12. The minimum atomic E-state index is -2.68. The standard InChI is InChI=1S/C21H40N4O4Si/c1-7-27-30(28-8-2,29-9-3)12-10-11-24-20(26)25-15-17-18(22)13-16(14-19(17)23)21(4,5)6/h13-14H,7-12,15,22-23H2,1-6H3,(H2,24,25,26). The molecule has 1 aromatic carbocycles. The fourth-order valence-electron chi connectivity index (χ4n) is 3.09. The van der Waals surface area contributed by atoms with E-state index in [1.54, 1.807) is 0 Å². The Morgan fingerprint density at radius 2 is 1.47 bits per heavy atom. The number of nitrogen functional groups attached to an aromatic ring is 2. The van der Waals surface area contributed by atoms with E-state index in [2.05, 4.69) is 31.4 Å². The van der Waals surface area contributed by atoms with Crippen LogP contribution >= 0.6 is 0 Å². The van der Waals surface area contributed by atoms with Crippen molar-refractivity contribution in [2.24, 2.45) is 0 Å². The number of nitrogens with two attached hydrogens (primary N) is 2. The first kappa shape index (κ1) is 26.2. The summed E-state index contributed by atoms with van der Waals surface area (Å²) in [4.78, 5) is 12.2. The van der Waals surface area contributed by atoms with Crippen LogP contribution in [0.3, 0.4) is 0 Å². The van der Waals surface area contributed by atoms with Gasteiger partial charge >= 0.3 is 14.8 Å². The van der Waals surface area contributed by atoms with Crippen LogP contribution in [-0.2, 0) is 25.2 Å². The van der Waals surface area contributed by atoms with Gasteiger partial charge in [0.15, 0.2) is 0 Å². The van der Waals surface area contributed by atoms with Crippen molar-refractivity contribution in [1.82, 2.24) is 10.6 Å².